The molecule has 1 aliphatic heterocycles. The molecule has 1 fully saturated rings. The van der Waals surface area contributed by atoms with Gasteiger partial charge in [-0.05, 0) is 26.0 Å². The van der Waals surface area contributed by atoms with E-state index in [9.17, 15) is 4.79 Å². The highest BCUT2D eigenvalue weighted by Crippen LogP contribution is 2.16. The minimum absolute atomic E-state index is 0.0789. The van der Waals surface area contributed by atoms with Crippen molar-refractivity contribution in [2.24, 2.45) is 5.73 Å². The van der Waals surface area contributed by atoms with Gasteiger partial charge in [0, 0.05) is 44.5 Å². The van der Waals surface area contributed by atoms with Gasteiger partial charge in [-0.1, -0.05) is 18.2 Å². The maximum Gasteiger partial charge on any atom is 0.236 e. The van der Waals surface area contributed by atoms with E-state index >= 15 is 0 Å². The van der Waals surface area contributed by atoms with Crippen LogP contribution in [-0.4, -0.2) is 55.6 Å². The van der Waals surface area contributed by atoms with E-state index in [1.807, 2.05) is 6.07 Å². The third-order valence-corrected chi connectivity index (χ3v) is 4.04. The van der Waals surface area contributed by atoms with E-state index in [1.165, 1.54) is 5.69 Å². The molecule has 0 aromatic heterocycles. The maximum absolute atomic E-state index is 11.5. The summed E-state index contributed by atoms with van der Waals surface area (Å²) in [4.78, 5) is 16.3. The summed E-state index contributed by atoms with van der Waals surface area (Å²) in [5.41, 5.74) is 6.84. The zero-order valence-electron chi connectivity index (χ0n) is 13.0. The number of nitrogens with one attached hydrogen (secondary N) is 1. The van der Waals surface area contributed by atoms with Gasteiger partial charge in [0.2, 0.25) is 5.91 Å². The standard InChI is InChI=1S/C16H26N4O/c1-13(12-18-16(21)14(2)17)19-8-10-20(11-9-19)15-6-4-3-5-7-15/h3-7,13-14H,8-12,17H2,1-2H3,(H,18,21). The van der Waals surface area contributed by atoms with E-state index in [4.69, 9.17) is 5.73 Å². The Bertz CT molecular complexity index is 441. The molecule has 5 nitrogen and oxygen atoms in total. The third-order valence-electron chi connectivity index (χ3n) is 4.04. The van der Waals surface area contributed by atoms with Crippen LogP contribution in [0.4, 0.5) is 5.69 Å². The number of hydrogen-bond donors (Lipinski definition) is 2. The molecule has 1 saturated heterocycles. The molecule has 1 aliphatic rings. The van der Waals surface area contributed by atoms with Crippen LogP contribution in [-0.2, 0) is 4.79 Å². The molecule has 0 aliphatic carbocycles. The van der Waals surface area contributed by atoms with E-state index in [0.29, 0.717) is 12.6 Å². The second kappa shape index (κ2) is 7.43. The highest BCUT2D eigenvalue weighted by Gasteiger charge is 2.21. The molecule has 5 heteroatoms. The van der Waals surface area contributed by atoms with Crippen molar-refractivity contribution in [3.05, 3.63) is 30.3 Å². The molecule has 0 radical (unpaired) electrons. The number of benzene rings is 1. The number of anilines is 1. The first-order chi connectivity index (χ1) is 10.1. The number of carbonyl (C=O) groups excluding carboxylic acids is 1. The SMILES string of the molecule is CC(N)C(=O)NCC(C)N1CCN(c2ccccc2)CC1. The Hall–Kier alpha value is -1.59. The predicted octanol–water partition coefficient (Wildman–Crippen LogP) is 0.661. The summed E-state index contributed by atoms with van der Waals surface area (Å²) in [5.74, 6) is -0.0789. The lowest BCUT2D eigenvalue weighted by molar-refractivity contribution is -0.122. The average Bonchev–Trinajstić information content (AvgIpc) is 2.53. The second-order valence-electron chi connectivity index (χ2n) is 5.74. The summed E-state index contributed by atoms with van der Waals surface area (Å²) >= 11 is 0. The van der Waals surface area contributed by atoms with E-state index < -0.39 is 6.04 Å². The van der Waals surface area contributed by atoms with Gasteiger partial charge in [0.15, 0.2) is 0 Å². The monoisotopic (exact) mass is 290 g/mol. The Balaban J connectivity index is 1.77. The van der Waals surface area contributed by atoms with Gasteiger partial charge in [0.25, 0.3) is 0 Å². The van der Waals surface area contributed by atoms with Gasteiger partial charge in [0.05, 0.1) is 6.04 Å². The molecule has 0 spiro atoms. The number of rotatable bonds is 5. The van der Waals surface area contributed by atoms with Crippen LogP contribution >= 0.6 is 0 Å². The minimum Gasteiger partial charge on any atom is -0.369 e. The van der Waals surface area contributed by atoms with Gasteiger partial charge in [0.1, 0.15) is 0 Å². The summed E-state index contributed by atoms with van der Waals surface area (Å²) in [7, 11) is 0. The highest BCUT2D eigenvalue weighted by molar-refractivity contribution is 5.80. The van der Waals surface area contributed by atoms with E-state index in [1.54, 1.807) is 6.92 Å². The predicted molar refractivity (Wildman–Crippen MR) is 86.3 cm³/mol. The van der Waals surface area contributed by atoms with Gasteiger partial charge >= 0.3 is 0 Å². The summed E-state index contributed by atoms with van der Waals surface area (Å²) in [6.45, 7) is 8.60. The lowest BCUT2D eigenvalue weighted by Gasteiger charge is -2.39. The van der Waals surface area contributed by atoms with E-state index in [-0.39, 0.29) is 5.91 Å². The average molecular weight is 290 g/mol. The summed E-state index contributed by atoms with van der Waals surface area (Å²) in [6, 6.07) is 10.4. The van der Waals surface area contributed by atoms with Gasteiger partial charge in [-0.2, -0.15) is 0 Å². The topological polar surface area (TPSA) is 61.6 Å². The fourth-order valence-electron chi connectivity index (χ4n) is 2.60. The number of hydrogen-bond acceptors (Lipinski definition) is 4. The molecular formula is C16H26N4O. The molecule has 2 rings (SSSR count). The number of para-hydroxylation sites is 1. The second-order valence-corrected chi connectivity index (χ2v) is 5.74. The Morgan fingerprint density at radius 2 is 1.81 bits per heavy atom. The van der Waals surface area contributed by atoms with Gasteiger partial charge in [-0.3, -0.25) is 9.69 Å². The summed E-state index contributed by atoms with van der Waals surface area (Å²) < 4.78 is 0. The largest absolute Gasteiger partial charge is 0.369 e. The molecule has 2 unspecified atom stereocenters. The molecular weight excluding hydrogens is 264 g/mol. The molecule has 1 amide bonds. The first-order valence-corrected chi connectivity index (χ1v) is 7.65. The van der Waals surface area contributed by atoms with Gasteiger partial charge in [-0.15, -0.1) is 0 Å². The Kier molecular flexibility index (Phi) is 5.59. The third kappa shape index (κ3) is 4.44. The fraction of sp³-hybridized carbons (Fsp3) is 0.562. The van der Waals surface area contributed by atoms with Gasteiger partial charge < -0.3 is 16.0 Å². The minimum atomic E-state index is -0.438. The number of carbonyl (C=O) groups is 1. The van der Waals surface area contributed by atoms with Gasteiger partial charge in [-0.25, -0.2) is 0 Å². The van der Waals surface area contributed by atoms with Crippen molar-refractivity contribution in [3.8, 4) is 0 Å². The van der Waals surface area contributed by atoms with Crippen LogP contribution in [0.1, 0.15) is 13.8 Å². The Morgan fingerprint density at radius 1 is 1.19 bits per heavy atom. The van der Waals surface area contributed by atoms with Crippen molar-refractivity contribution >= 4 is 11.6 Å². The first kappa shape index (κ1) is 15.8. The Morgan fingerprint density at radius 3 is 2.38 bits per heavy atom. The van der Waals surface area contributed by atoms with Crippen LogP contribution in [0, 0.1) is 0 Å². The van der Waals surface area contributed by atoms with Crippen molar-refractivity contribution in [2.45, 2.75) is 25.9 Å². The normalized spacial score (nSPS) is 19.1. The molecule has 0 bridgehead atoms. The van der Waals surface area contributed by atoms with Crippen LogP contribution in [0.25, 0.3) is 0 Å². The highest BCUT2D eigenvalue weighted by atomic mass is 16.2. The fourth-order valence-corrected chi connectivity index (χ4v) is 2.60. The maximum atomic E-state index is 11.5. The number of nitrogens with zero attached hydrogens (tertiary/aromatic N) is 2. The lowest BCUT2D eigenvalue weighted by atomic mass is 10.2. The molecule has 116 valence electrons. The lowest BCUT2D eigenvalue weighted by Crippen LogP contribution is -2.53. The zero-order chi connectivity index (χ0) is 15.2. The summed E-state index contributed by atoms with van der Waals surface area (Å²) in [5, 5.41) is 2.90. The summed E-state index contributed by atoms with van der Waals surface area (Å²) in [6.07, 6.45) is 0. The molecule has 0 saturated carbocycles. The number of nitrogens with two attached hydrogens (primary N) is 1. The first-order valence-electron chi connectivity index (χ1n) is 7.65. The van der Waals surface area contributed by atoms with E-state index in [0.717, 1.165) is 26.2 Å². The smallest absolute Gasteiger partial charge is 0.236 e. The molecule has 2 atom stereocenters. The van der Waals surface area contributed by atoms with Crippen LogP contribution in [0.5, 0.6) is 0 Å². The molecule has 1 heterocycles. The van der Waals surface area contributed by atoms with Crippen LogP contribution in [0.3, 0.4) is 0 Å². The van der Waals surface area contributed by atoms with Crippen molar-refractivity contribution in [3.63, 3.8) is 0 Å². The van der Waals surface area contributed by atoms with Crippen molar-refractivity contribution in [1.29, 1.82) is 0 Å². The Labute approximate surface area is 127 Å². The molecule has 3 N–H and O–H groups in total. The van der Waals surface area contributed by atoms with Crippen LogP contribution in [0.15, 0.2) is 30.3 Å². The molecule has 1 aromatic rings. The van der Waals surface area contributed by atoms with Crippen LogP contribution in [0.2, 0.25) is 0 Å². The van der Waals surface area contributed by atoms with Crippen molar-refractivity contribution < 1.29 is 4.79 Å². The van der Waals surface area contributed by atoms with Crippen molar-refractivity contribution in [2.75, 3.05) is 37.6 Å². The zero-order valence-corrected chi connectivity index (χ0v) is 13.0. The van der Waals surface area contributed by atoms with Crippen LogP contribution < -0.4 is 16.0 Å². The number of amides is 1. The number of piperazine rings is 1. The van der Waals surface area contributed by atoms with E-state index in [2.05, 4.69) is 46.3 Å². The molecule has 1 aromatic carbocycles. The van der Waals surface area contributed by atoms with Crippen molar-refractivity contribution in [1.82, 2.24) is 10.2 Å². The molecule has 21 heavy (non-hydrogen) atoms. The quantitative estimate of drug-likeness (QED) is 0.836.